The number of carbonyl (C=O) groups is 2. The lowest BCUT2D eigenvalue weighted by atomic mass is 10.2. The fourth-order valence-corrected chi connectivity index (χ4v) is 0.533. The summed E-state index contributed by atoms with van der Waals surface area (Å²) >= 11 is 0. The van der Waals surface area contributed by atoms with Crippen molar-refractivity contribution >= 4 is 11.9 Å². The third kappa shape index (κ3) is 4.47. The first kappa shape index (κ1) is 11.9. The highest BCUT2D eigenvalue weighted by atomic mass is 16.7. The molecule has 0 saturated carbocycles. The van der Waals surface area contributed by atoms with Gasteiger partial charge in [-0.05, 0) is 20.8 Å². The molecule has 0 aliphatic rings. The van der Waals surface area contributed by atoms with E-state index >= 15 is 0 Å². The topological polar surface area (TPSA) is 55.8 Å². The molecule has 0 N–H and O–H groups in total. The second-order valence-corrected chi connectivity index (χ2v) is 3.49. The van der Waals surface area contributed by atoms with E-state index in [1.54, 1.807) is 20.8 Å². The number of esters is 1. The molecule has 0 aliphatic heterocycles. The van der Waals surface area contributed by atoms with E-state index in [1.165, 1.54) is 14.2 Å². The standard InChI is InChI=1S/C8H15NO4/c1-8(2,3)13-7(11)6(10)9(4)12-5/h1-5H3. The molecule has 0 atom stereocenters. The molecule has 0 rings (SSSR count). The molecule has 0 heterocycles. The highest BCUT2D eigenvalue weighted by Gasteiger charge is 2.25. The molecule has 0 aromatic carbocycles. The normalized spacial score (nSPS) is 10.8. The molecule has 0 aliphatic carbocycles. The minimum absolute atomic E-state index is 0.665. The van der Waals surface area contributed by atoms with Crippen LogP contribution in [-0.4, -0.2) is 36.7 Å². The van der Waals surface area contributed by atoms with Crippen LogP contribution in [0.3, 0.4) is 0 Å². The quantitative estimate of drug-likeness (QED) is 0.339. The molecule has 0 radical (unpaired) electrons. The van der Waals surface area contributed by atoms with E-state index in [1.807, 2.05) is 0 Å². The molecule has 5 heteroatoms. The zero-order chi connectivity index (χ0) is 10.6. The van der Waals surface area contributed by atoms with Crippen LogP contribution >= 0.6 is 0 Å². The number of rotatable bonds is 1. The predicted octanol–water partition coefficient (Wildman–Crippen LogP) is 0.348. The van der Waals surface area contributed by atoms with Crippen molar-refractivity contribution in [1.29, 1.82) is 0 Å². The van der Waals surface area contributed by atoms with Gasteiger partial charge in [-0.3, -0.25) is 9.63 Å². The maximum Gasteiger partial charge on any atom is 0.399 e. The summed E-state index contributed by atoms with van der Waals surface area (Å²) in [5, 5.41) is 0.814. The largest absolute Gasteiger partial charge is 0.453 e. The van der Waals surface area contributed by atoms with Crippen LogP contribution in [0.5, 0.6) is 0 Å². The smallest absolute Gasteiger partial charge is 0.399 e. The SMILES string of the molecule is CON(C)C(=O)C(=O)OC(C)(C)C. The Morgan fingerprint density at radius 3 is 2.00 bits per heavy atom. The van der Waals surface area contributed by atoms with Crippen LogP contribution < -0.4 is 0 Å². The van der Waals surface area contributed by atoms with E-state index < -0.39 is 17.5 Å². The second-order valence-electron chi connectivity index (χ2n) is 3.49. The number of nitrogens with zero attached hydrogens (tertiary/aromatic N) is 1. The molecule has 0 spiro atoms. The van der Waals surface area contributed by atoms with Crippen LogP contribution in [-0.2, 0) is 19.2 Å². The number of amides is 1. The fraction of sp³-hybridized carbons (Fsp3) is 0.750. The number of likely N-dealkylation sites (N-methyl/N-ethyl adjacent to an activating group) is 1. The molecular formula is C8H15NO4. The summed E-state index contributed by atoms with van der Waals surface area (Å²) in [4.78, 5) is 26.7. The van der Waals surface area contributed by atoms with Crippen molar-refractivity contribution in [3.63, 3.8) is 0 Å². The first-order valence-electron chi connectivity index (χ1n) is 3.83. The summed E-state index contributed by atoms with van der Waals surface area (Å²) in [6, 6.07) is 0. The third-order valence-corrected chi connectivity index (χ3v) is 1.13. The van der Waals surface area contributed by atoms with E-state index in [-0.39, 0.29) is 0 Å². The molecule has 13 heavy (non-hydrogen) atoms. The molecule has 0 unspecified atom stereocenters. The Balaban J connectivity index is 4.21. The number of ether oxygens (including phenoxy) is 1. The van der Waals surface area contributed by atoms with Gasteiger partial charge >= 0.3 is 11.9 Å². The highest BCUT2D eigenvalue weighted by Crippen LogP contribution is 2.07. The van der Waals surface area contributed by atoms with Gasteiger partial charge in [0.25, 0.3) is 0 Å². The number of hydroxylamine groups is 2. The molecule has 0 aromatic rings. The monoisotopic (exact) mass is 189 g/mol. The molecule has 5 nitrogen and oxygen atoms in total. The van der Waals surface area contributed by atoms with Gasteiger partial charge in [0.05, 0.1) is 7.11 Å². The molecule has 0 fully saturated rings. The first-order chi connectivity index (χ1) is 5.78. The van der Waals surface area contributed by atoms with E-state index in [4.69, 9.17) is 4.74 Å². The maximum absolute atomic E-state index is 11.1. The Kier molecular flexibility index (Phi) is 3.87. The average molecular weight is 189 g/mol. The van der Waals surface area contributed by atoms with Gasteiger partial charge in [0, 0.05) is 7.05 Å². The van der Waals surface area contributed by atoms with Gasteiger partial charge in [-0.1, -0.05) is 0 Å². The Morgan fingerprint density at radius 2 is 1.69 bits per heavy atom. The van der Waals surface area contributed by atoms with Crippen molar-refractivity contribution in [2.45, 2.75) is 26.4 Å². The molecule has 0 bridgehead atoms. The van der Waals surface area contributed by atoms with Crippen LogP contribution in [0.15, 0.2) is 0 Å². The molecule has 0 aromatic heterocycles. The van der Waals surface area contributed by atoms with Crippen molar-refractivity contribution in [3.8, 4) is 0 Å². The summed E-state index contributed by atoms with van der Waals surface area (Å²) in [7, 11) is 2.63. The molecule has 0 saturated heterocycles. The highest BCUT2D eigenvalue weighted by molar-refractivity contribution is 6.32. The van der Waals surface area contributed by atoms with Gasteiger partial charge in [-0.25, -0.2) is 9.86 Å². The van der Waals surface area contributed by atoms with Crippen LogP contribution in [0.4, 0.5) is 0 Å². The number of carbonyl (C=O) groups excluding carboxylic acids is 2. The minimum atomic E-state index is -0.920. The van der Waals surface area contributed by atoms with Gasteiger partial charge in [-0.15, -0.1) is 0 Å². The molecule has 1 amide bonds. The van der Waals surface area contributed by atoms with Crippen molar-refractivity contribution in [1.82, 2.24) is 5.06 Å². The van der Waals surface area contributed by atoms with Crippen LogP contribution in [0, 0.1) is 0 Å². The average Bonchev–Trinajstić information content (AvgIpc) is 1.98. The minimum Gasteiger partial charge on any atom is -0.453 e. The van der Waals surface area contributed by atoms with E-state index in [2.05, 4.69) is 4.84 Å². The van der Waals surface area contributed by atoms with Gasteiger partial charge < -0.3 is 4.74 Å². The number of hydrogen-bond acceptors (Lipinski definition) is 4. The second kappa shape index (κ2) is 4.23. The molecular weight excluding hydrogens is 174 g/mol. The lowest BCUT2D eigenvalue weighted by molar-refractivity contribution is -0.187. The summed E-state index contributed by atoms with van der Waals surface area (Å²) in [6.45, 7) is 5.06. The summed E-state index contributed by atoms with van der Waals surface area (Å²) in [5.74, 6) is -1.74. The van der Waals surface area contributed by atoms with Gasteiger partial charge in [0.1, 0.15) is 5.60 Å². The Bertz CT molecular complexity index is 207. The van der Waals surface area contributed by atoms with Crippen LogP contribution in [0.1, 0.15) is 20.8 Å². The predicted molar refractivity (Wildman–Crippen MR) is 45.6 cm³/mol. The Labute approximate surface area is 77.6 Å². The molecule has 76 valence electrons. The van der Waals surface area contributed by atoms with Gasteiger partial charge in [0.2, 0.25) is 0 Å². The van der Waals surface area contributed by atoms with E-state index in [0.717, 1.165) is 5.06 Å². The number of hydrogen-bond donors (Lipinski definition) is 0. The summed E-state index contributed by atoms with van der Waals surface area (Å²) in [6.07, 6.45) is 0. The Hall–Kier alpha value is -1.10. The van der Waals surface area contributed by atoms with Crippen molar-refractivity contribution in [2.75, 3.05) is 14.2 Å². The van der Waals surface area contributed by atoms with Crippen molar-refractivity contribution < 1.29 is 19.2 Å². The summed E-state index contributed by atoms with van der Waals surface area (Å²) in [5.41, 5.74) is -0.665. The maximum atomic E-state index is 11.1. The van der Waals surface area contributed by atoms with E-state index in [9.17, 15) is 9.59 Å². The Morgan fingerprint density at radius 1 is 1.23 bits per heavy atom. The van der Waals surface area contributed by atoms with Crippen molar-refractivity contribution in [3.05, 3.63) is 0 Å². The van der Waals surface area contributed by atoms with Crippen LogP contribution in [0.25, 0.3) is 0 Å². The van der Waals surface area contributed by atoms with Crippen LogP contribution in [0.2, 0.25) is 0 Å². The fourth-order valence-electron chi connectivity index (χ4n) is 0.533. The lowest BCUT2D eigenvalue weighted by Crippen LogP contribution is -2.37. The zero-order valence-electron chi connectivity index (χ0n) is 8.58. The van der Waals surface area contributed by atoms with Crippen molar-refractivity contribution in [2.24, 2.45) is 0 Å². The van der Waals surface area contributed by atoms with Gasteiger partial charge in [-0.2, -0.15) is 0 Å². The summed E-state index contributed by atoms with van der Waals surface area (Å²) < 4.78 is 4.81. The lowest BCUT2D eigenvalue weighted by Gasteiger charge is -2.20. The zero-order valence-corrected chi connectivity index (χ0v) is 8.58. The first-order valence-corrected chi connectivity index (χ1v) is 3.83. The third-order valence-electron chi connectivity index (χ3n) is 1.13. The van der Waals surface area contributed by atoms with Gasteiger partial charge in [0.15, 0.2) is 0 Å². The van der Waals surface area contributed by atoms with E-state index in [0.29, 0.717) is 0 Å².